The van der Waals surface area contributed by atoms with Gasteiger partial charge in [0, 0.05) is 17.8 Å². The van der Waals surface area contributed by atoms with Gasteiger partial charge in [-0.25, -0.2) is 0 Å². The van der Waals surface area contributed by atoms with Crippen molar-refractivity contribution in [2.45, 2.75) is 0 Å². The Hall–Kier alpha value is 0.140. The molecule has 1 nitrogen and oxygen atoms in total. The van der Waals surface area contributed by atoms with Gasteiger partial charge in [-0.3, -0.25) is 0 Å². The molecule has 1 rings (SSSR count). The van der Waals surface area contributed by atoms with Crippen LogP contribution < -0.4 is 0 Å². The van der Waals surface area contributed by atoms with Crippen LogP contribution >= 0.6 is 17.7 Å². The summed E-state index contributed by atoms with van der Waals surface area (Å²) in [5, 5.41) is 0. The van der Waals surface area contributed by atoms with Gasteiger partial charge < -0.3 is 4.57 Å². The molecule has 0 aromatic rings. The fourth-order valence-electron chi connectivity index (χ4n) is 0.854. The van der Waals surface area contributed by atoms with Crippen LogP contribution in [0.15, 0.2) is 0 Å². The third kappa shape index (κ3) is 1.78. The average molecular weight is 160 g/mol. The van der Waals surface area contributed by atoms with Crippen LogP contribution in [0.2, 0.25) is 0 Å². The zero-order valence-corrected chi connectivity index (χ0v) is 7.04. The smallest absolute Gasteiger partial charge is 0.137 e. The Kier molecular flexibility index (Phi) is 1.94. The zero-order chi connectivity index (χ0) is 6.91. The Bertz CT molecular complexity index is 194. The summed E-state index contributed by atoms with van der Waals surface area (Å²) >= 11 is 1.55. The van der Waals surface area contributed by atoms with Crippen molar-refractivity contribution >= 4 is 17.7 Å². The van der Waals surface area contributed by atoms with Gasteiger partial charge in [-0.05, 0) is 6.66 Å². The molecule has 0 amide bonds. The monoisotopic (exact) mass is 160 g/mol. The summed E-state index contributed by atoms with van der Waals surface area (Å²) in [7, 11) is 0. The first-order valence-corrected chi connectivity index (χ1v) is 6.74. The van der Waals surface area contributed by atoms with Gasteiger partial charge in [-0.1, -0.05) is 11.4 Å². The van der Waals surface area contributed by atoms with E-state index in [0.29, 0.717) is 0 Å². The summed E-state index contributed by atoms with van der Waals surface area (Å²) < 4.78 is 11.3. The SMILES string of the molecule is C#CC1CSP(C)(=O)C1. The Morgan fingerprint density at radius 1 is 1.89 bits per heavy atom. The average Bonchev–Trinajstić information content (AvgIpc) is 2.10. The lowest BCUT2D eigenvalue weighted by Crippen LogP contribution is -1.95. The molecule has 3 heteroatoms. The standard InChI is InChI=1S/C6H9OPS/c1-3-6-4-8(2,7)9-5-6/h1,6H,4-5H2,2H3. The van der Waals surface area contributed by atoms with E-state index in [0.717, 1.165) is 11.9 Å². The highest BCUT2D eigenvalue weighted by Crippen LogP contribution is 2.61. The Balaban J connectivity index is 2.60. The minimum atomic E-state index is -1.84. The van der Waals surface area contributed by atoms with E-state index in [1.54, 1.807) is 11.4 Å². The van der Waals surface area contributed by atoms with Gasteiger partial charge in [0.2, 0.25) is 0 Å². The molecule has 1 saturated heterocycles. The van der Waals surface area contributed by atoms with Crippen LogP contribution in [-0.2, 0) is 4.57 Å². The van der Waals surface area contributed by atoms with Crippen molar-refractivity contribution in [3.05, 3.63) is 0 Å². The zero-order valence-electron chi connectivity index (χ0n) is 5.33. The van der Waals surface area contributed by atoms with Crippen molar-refractivity contribution in [3.8, 4) is 12.3 Å². The molecule has 0 N–H and O–H groups in total. The largest absolute Gasteiger partial charge is 0.312 e. The Labute approximate surface area is 59.7 Å². The van der Waals surface area contributed by atoms with E-state index in [1.807, 2.05) is 6.66 Å². The van der Waals surface area contributed by atoms with Crippen molar-refractivity contribution in [1.29, 1.82) is 0 Å². The molecule has 2 atom stereocenters. The molecule has 0 aromatic carbocycles. The summed E-state index contributed by atoms with van der Waals surface area (Å²) in [5.41, 5.74) is 0. The molecule has 0 aromatic heterocycles. The number of hydrogen-bond donors (Lipinski definition) is 0. The second kappa shape index (κ2) is 2.40. The molecule has 0 bridgehead atoms. The maximum atomic E-state index is 11.3. The van der Waals surface area contributed by atoms with Crippen LogP contribution in [-0.4, -0.2) is 18.6 Å². The summed E-state index contributed by atoms with van der Waals surface area (Å²) in [6.45, 7) is 1.81. The molecule has 0 aliphatic carbocycles. The van der Waals surface area contributed by atoms with Crippen molar-refractivity contribution in [1.82, 2.24) is 0 Å². The van der Waals surface area contributed by atoms with Gasteiger partial charge in [-0.2, -0.15) is 0 Å². The molecule has 0 radical (unpaired) electrons. The highest BCUT2D eigenvalue weighted by molar-refractivity contribution is 8.58. The van der Waals surface area contributed by atoms with E-state index < -0.39 is 6.34 Å². The maximum Gasteiger partial charge on any atom is 0.137 e. The Morgan fingerprint density at radius 3 is 2.78 bits per heavy atom. The fraction of sp³-hybridized carbons (Fsp3) is 0.667. The molecule has 0 spiro atoms. The van der Waals surface area contributed by atoms with Gasteiger partial charge in [0.15, 0.2) is 0 Å². The molecule has 1 aliphatic rings. The van der Waals surface area contributed by atoms with Crippen LogP contribution in [0.1, 0.15) is 0 Å². The van der Waals surface area contributed by atoms with E-state index in [2.05, 4.69) is 5.92 Å². The molecule has 0 saturated carbocycles. The minimum absolute atomic E-state index is 0.269. The second-order valence-electron chi connectivity index (χ2n) is 2.36. The van der Waals surface area contributed by atoms with Crippen molar-refractivity contribution in [2.24, 2.45) is 5.92 Å². The molecule has 1 heterocycles. The third-order valence-electron chi connectivity index (χ3n) is 1.34. The van der Waals surface area contributed by atoms with Crippen LogP contribution in [0.25, 0.3) is 0 Å². The van der Waals surface area contributed by atoms with Gasteiger partial charge >= 0.3 is 0 Å². The highest BCUT2D eigenvalue weighted by atomic mass is 32.7. The first kappa shape index (κ1) is 7.25. The molecule has 9 heavy (non-hydrogen) atoms. The predicted octanol–water partition coefficient (Wildman–Crippen LogP) is 1.89. The molecular weight excluding hydrogens is 151 g/mol. The number of rotatable bonds is 0. The van der Waals surface area contributed by atoms with Gasteiger partial charge in [-0.15, -0.1) is 12.3 Å². The highest BCUT2D eigenvalue weighted by Gasteiger charge is 2.29. The Morgan fingerprint density at radius 2 is 2.56 bits per heavy atom. The topological polar surface area (TPSA) is 17.1 Å². The minimum Gasteiger partial charge on any atom is -0.312 e. The molecule has 2 unspecified atom stereocenters. The second-order valence-corrected chi connectivity index (χ2v) is 8.43. The van der Waals surface area contributed by atoms with Gasteiger partial charge in [0.1, 0.15) is 6.34 Å². The fourth-order valence-corrected chi connectivity index (χ4v) is 5.22. The predicted molar refractivity (Wildman–Crippen MR) is 43.2 cm³/mol. The van der Waals surface area contributed by atoms with Crippen LogP contribution in [0.3, 0.4) is 0 Å². The number of terminal acetylenes is 1. The normalized spacial score (nSPS) is 42.4. The quantitative estimate of drug-likeness (QED) is 0.397. The van der Waals surface area contributed by atoms with E-state index in [1.165, 1.54) is 0 Å². The number of hydrogen-bond acceptors (Lipinski definition) is 2. The maximum absolute atomic E-state index is 11.3. The lowest BCUT2D eigenvalue weighted by atomic mass is 10.2. The third-order valence-corrected chi connectivity index (χ3v) is 6.07. The van der Waals surface area contributed by atoms with Crippen LogP contribution in [0.5, 0.6) is 0 Å². The lowest BCUT2D eigenvalue weighted by Gasteiger charge is -1.97. The van der Waals surface area contributed by atoms with E-state index >= 15 is 0 Å². The summed E-state index contributed by atoms with van der Waals surface area (Å²) in [6.07, 6.45) is 4.07. The van der Waals surface area contributed by atoms with Gasteiger partial charge in [0.25, 0.3) is 0 Å². The first-order valence-electron chi connectivity index (χ1n) is 2.81. The van der Waals surface area contributed by atoms with E-state index in [-0.39, 0.29) is 5.92 Å². The van der Waals surface area contributed by atoms with E-state index in [9.17, 15) is 4.57 Å². The van der Waals surface area contributed by atoms with Gasteiger partial charge in [0.05, 0.1) is 0 Å². The summed E-state index contributed by atoms with van der Waals surface area (Å²) in [5.74, 6) is 3.79. The summed E-state index contributed by atoms with van der Waals surface area (Å²) in [4.78, 5) is 0. The van der Waals surface area contributed by atoms with Crippen molar-refractivity contribution in [2.75, 3.05) is 18.6 Å². The molecule has 1 aliphatic heterocycles. The van der Waals surface area contributed by atoms with Crippen molar-refractivity contribution < 1.29 is 4.57 Å². The lowest BCUT2D eigenvalue weighted by molar-refractivity contribution is 0.587. The van der Waals surface area contributed by atoms with E-state index in [4.69, 9.17) is 6.42 Å². The molecule has 1 fully saturated rings. The molecule has 50 valence electrons. The van der Waals surface area contributed by atoms with Crippen molar-refractivity contribution in [3.63, 3.8) is 0 Å². The molecular formula is C6H9OPS. The van der Waals surface area contributed by atoms with Crippen LogP contribution in [0.4, 0.5) is 0 Å². The summed E-state index contributed by atoms with van der Waals surface area (Å²) in [6, 6.07) is 0. The van der Waals surface area contributed by atoms with Crippen LogP contribution in [0, 0.1) is 18.3 Å². The first-order chi connectivity index (χ1) is 4.14.